The van der Waals surface area contributed by atoms with Crippen LogP contribution < -0.4 is 9.47 Å². The van der Waals surface area contributed by atoms with E-state index in [-0.39, 0.29) is 18.6 Å². The second kappa shape index (κ2) is 11.2. The van der Waals surface area contributed by atoms with Crippen LogP contribution in [0.5, 0.6) is 11.5 Å². The highest BCUT2D eigenvalue weighted by Gasteiger charge is 2.15. The molecule has 0 N–H and O–H groups in total. The third-order valence-electron chi connectivity index (χ3n) is 5.33. The minimum absolute atomic E-state index is 0.0228. The third kappa shape index (κ3) is 5.83. The van der Waals surface area contributed by atoms with Crippen LogP contribution in [0.3, 0.4) is 0 Å². The first-order valence-electron chi connectivity index (χ1n) is 10.8. The number of hydrogen-bond donors (Lipinski definition) is 0. The molecule has 0 radical (unpaired) electrons. The summed E-state index contributed by atoms with van der Waals surface area (Å²) in [6.07, 6.45) is 4.74. The number of ether oxygens (including phenoxy) is 3. The highest BCUT2D eigenvalue weighted by molar-refractivity contribution is 5.90. The number of carbonyl (C=O) groups is 2. The molecule has 0 unspecified atom stereocenters. The number of benzene rings is 2. The van der Waals surface area contributed by atoms with Gasteiger partial charge in [0.25, 0.3) is 5.91 Å². The fourth-order valence-corrected chi connectivity index (χ4v) is 3.16. The average molecular weight is 464 g/mol. The standard InChI is InChI=1S/C26H29N3O5/c1-18(2)28(3)24(30)17-34-25(31)14-12-20-16-29(21-9-7-6-8-10-21)27-26(20)19-11-13-22(32-4)23(15-19)33-5/h6-16,18H,17H2,1-5H3. The lowest BCUT2D eigenvalue weighted by atomic mass is 10.1. The third-order valence-corrected chi connectivity index (χ3v) is 5.33. The van der Waals surface area contributed by atoms with Crippen LogP contribution in [0.15, 0.2) is 60.8 Å². The Morgan fingerprint density at radius 1 is 1.06 bits per heavy atom. The SMILES string of the molecule is COc1ccc(-c2nn(-c3ccccc3)cc2C=CC(=O)OCC(=O)N(C)C(C)C)cc1OC. The Bertz CT molecular complexity index is 1170. The second-order valence-electron chi connectivity index (χ2n) is 7.82. The van der Waals surface area contributed by atoms with Crippen molar-refractivity contribution in [3.05, 3.63) is 66.4 Å². The van der Waals surface area contributed by atoms with Crippen molar-refractivity contribution in [2.45, 2.75) is 19.9 Å². The first kappa shape index (κ1) is 24.6. The summed E-state index contributed by atoms with van der Waals surface area (Å²) in [5.41, 5.74) is 2.99. The molecule has 0 saturated carbocycles. The molecule has 0 aliphatic carbocycles. The molecule has 1 aromatic heterocycles. The number of nitrogens with zero attached hydrogens (tertiary/aromatic N) is 3. The van der Waals surface area contributed by atoms with Crippen molar-refractivity contribution in [1.82, 2.24) is 14.7 Å². The number of para-hydroxylation sites is 1. The van der Waals surface area contributed by atoms with Gasteiger partial charge in [0.1, 0.15) is 5.69 Å². The van der Waals surface area contributed by atoms with E-state index in [2.05, 4.69) is 0 Å². The molecule has 34 heavy (non-hydrogen) atoms. The molecule has 0 aliphatic rings. The molecule has 3 rings (SSSR count). The zero-order valence-electron chi connectivity index (χ0n) is 20.0. The van der Waals surface area contributed by atoms with Gasteiger partial charge >= 0.3 is 5.97 Å². The summed E-state index contributed by atoms with van der Waals surface area (Å²) in [4.78, 5) is 25.9. The van der Waals surface area contributed by atoms with E-state index in [1.165, 1.54) is 11.0 Å². The molecule has 0 atom stereocenters. The summed E-state index contributed by atoms with van der Waals surface area (Å²) in [6, 6.07) is 15.2. The Morgan fingerprint density at radius 3 is 2.41 bits per heavy atom. The van der Waals surface area contributed by atoms with Crippen LogP contribution in [0.25, 0.3) is 23.0 Å². The van der Waals surface area contributed by atoms with Crippen molar-refractivity contribution in [1.29, 1.82) is 0 Å². The Morgan fingerprint density at radius 2 is 1.76 bits per heavy atom. The minimum atomic E-state index is -0.615. The lowest BCUT2D eigenvalue weighted by molar-refractivity contribution is -0.148. The zero-order chi connectivity index (χ0) is 24.7. The van der Waals surface area contributed by atoms with Gasteiger partial charge < -0.3 is 19.1 Å². The minimum Gasteiger partial charge on any atom is -0.493 e. The molecule has 0 aliphatic heterocycles. The highest BCUT2D eigenvalue weighted by atomic mass is 16.5. The highest BCUT2D eigenvalue weighted by Crippen LogP contribution is 2.33. The summed E-state index contributed by atoms with van der Waals surface area (Å²) in [5.74, 6) is 0.290. The summed E-state index contributed by atoms with van der Waals surface area (Å²) in [6.45, 7) is 3.46. The Labute approximate surface area is 199 Å². The maximum Gasteiger partial charge on any atom is 0.331 e. The Balaban J connectivity index is 1.89. The second-order valence-corrected chi connectivity index (χ2v) is 7.82. The maximum atomic E-state index is 12.3. The van der Waals surface area contributed by atoms with Crippen LogP contribution in [0.2, 0.25) is 0 Å². The Kier molecular flexibility index (Phi) is 8.08. The number of likely N-dealkylation sites (N-methyl/N-ethyl adjacent to an activating group) is 1. The zero-order valence-corrected chi connectivity index (χ0v) is 20.0. The average Bonchev–Trinajstić information content (AvgIpc) is 3.29. The predicted molar refractivity (Wildman–Crippen MR) is 130 cm³/mol. The molecule has 2 aromatic carbocycles. The molecule has 3 aromatic rings. The van der Waals surface area contributed by atoms with E-state index < -0.39 is 5.97 Å². The molecule has 8 heteroatoms. The number of rotatable bonds is 9. The van der Waals surface area contributed by atoms with Crippen molar-refractivity contribution in [3.8, 4) is 28.4 Å². The van der Waals surface area contributed by atoms with Gasteiger partial charge in [-0.15, -0.1) is 0 Å². The molecule has 0 spiro atoms. The first-order valence-corrected chi connectivity index (χ1v) is 10.8. The van der Waals surface area contributed by atoms with E-state index in [0.29, 0.717) is 22.8 Å². The molecule has 0 bridgehead atoms. The normalized spacial score (nSPS) is 11.0. The number of hydrogen-bond acceptors (Lipinski definition) is 6. The molecule has 0 fully saturated rings. The van der Waals surface area contributed by atoms with Gasteiger partial charge in [0, 0.05) is 36.5 Å². The van der Waals surface area contributed by atoms with E-state index in [9.17, 15) is 9.59 Å². The summed E-state index contributed by atoms with van der Waals surface area (Å²) >= 11 is 0. The van der Waals surface area contributed by atoms with Crippen LogP contribution in [0.4, 0.5) is 0 Å². The van der Waals surface area contributed by atoms with Gasteiger partial charge in [-0.2, -0.15) is 5.10 Å². The van der Waals surface area contributed by atoms with E-state index >= 15 is 0 Å². The van der Waals surface area contributed by atoms with Crippen molar-refractivity contribution in [3.63, 3.8) is 0 Å². The number of methoxy groups -OCH3 is 2. The van der Waals surface area contributed by atoms with E-state index in [1.807, 2.05) is 62.5 Å². The summed E-state index contributed by atoms with van der Waals surface area (Å²) < 4.78 is 17.6. The molecule has 178 valence electrons. The van der Waals surface area contributed by atoms with Crippen LogP contribution >= 0.6 is 0 Å². The monoisotopic (exact) mass is 463 g/mol. The lowest BCUT2D eigenvalue weighted by Gasteiger charge is -2.20. The topological polar surface area (TPSA) is 82.9 Å². The van der Waals surface area contributed by atoms with Crippen molar-refractivity contribution in [2.75, 3.05) is 27.9 Å². The summed E-state index contributed by atoms with van der Waals surface area (Å²) in [5, 5.41) is 4.73. The van der Waals surface area contributed by atoms with Crippen LogP contribution in [0, 0.1) is 0 Å². The van der Waals surface area contributed by atoms with Gasteiger partial charge in [-0.1, -0.05) is 18.2 Å². The Hall–Kier alpha value is -4.07. The molecular formula is C26H29N3O5. The largest absolute Gasteiger partial charge is 0.493 e. The summed E-state index contributed by atoms with van der Waals surface area (Å²) in [7, 11) is 4.81. The van der Waals surface area contributed by atoms with Crippen molar-refractivity contribution in [2.24, 2.45) is 0 Å². The fraction of sp³-hybridized carbons (Fsp3) is 0.269. The number of carbonyl (C=O) groups excluding carboxylic acids is 2. The molecular weight excluding hydrogens is 434 g/mol. The smallest absolute Gasteiger partial charge is 0.331 e. The molecule has 8 nitrogen and oxygen atoms in total. The molecule has 0 saturated heterocycles. The fourth-order valence-electron chi connectivity index (χ4n) is 3.16. The molecule has 1 amide bonds. The maximum absolute atomic E-state index is 12.3. The molecule has 1 heterocycles. The lowest BCUT2D eigenvalue weighted by Crippen LogP contribution is -2.36. The van der Waals surface area contributed by atoms with E-state index in [4.69, 9.17) is 19.3 Å². The van der Waals surface area contributed by atoms with Gasteiger partial charge in [-0.05, 0) is 50.3 Å². The number of amides is 1. The van der Waals surface area contributed by atoms with Crippen LogP contribution in [-0.2, 0) is 14.3 Å². The van der Waals surface area contributed by atoms with E-state index in [0.717, 1.165) is 11.3 Å². The van der Waals surface area contributed by atoms with E-state index in [1.54, 1.807) is 38.1 Å². The number of esters is 1. The van der Waals surface area contributed by atoms with Gasteiger partial charge in [0.05, 0.1) is 19.9 Å². The van der Waals surface area contributed by atoms with Gasteiger partial charge in [-0.25, -0.2) is 9.48 Å². The predicted octanol–water partition coefficient (Wildman–Crippen LogP) is 3.98. The number of aromatic nitrogens is 2. The first-order chi connectivity index (χ1) is 16.3. The van der Waals surface area contributed by atoms with Gasteiger partial charge in [-0.3, -0.25) is 4.79 Å². The van der Waals surface area contributed by atoms with Gasteiger partial charge in [0.15, 0.2) is 18.1 Å². The van der Waals surface area contributed by atoms with Crippen molar-refractivity contribution >= 4 is 18.0 Å². The van der Waals surface area contributed by atoms with Gasteiger partial charge in [0.2, 0.25) is 0 Å². The quantitative estimate of drug-likeness (QED) is 0.353. The van der Waals surface area contributed by atoms with Crippen LogP contribution in [0.1, 0.15) is 19.4 Å². The van der Waals surface area contributed by atoms with Crippen molar-refractivity contribution < 1.29 is 23.8 Å². The van der Waals surface area contributed by atoms with Crippen LogP contribution in [-0.4, -0.2) is 60.5 Å².